The molecule has 98 valence electrons. The zero-order valence-electron chi connectivity index (χ0n) is 11.4. The summed E-state index contributed by atoms with van der Waals surface area (Å²) in [5.74, 6) is 0. The van der Waals surface area contributed by atoms with Gasteiger partial charge >= 0.3 is 0 Å². The van der Waals surface area contributed by atoms with Crippen molar-refractivity contribution in [2.24, 2.45) is 0 Å². The van der Waals surface area contributed by atoms with Crippen molar-refractivity contribution in [2.45, 2.75) is 25.9 Å². The molecule has 0 aromatic heterocycles. The molecule has 1 aromatic carbocycles. The first-order valence-electron chi connectivity index (χ1n) is 7.05. The molecule has 1 N–H and O–H groups in total. The Morgan fingerprint density at radius 2 is 2.22 bits per heavy atom. The van der Waals surface area contributed by atoms with Crippen LogP contribution in [0.15, 0.2) is 18.2 Å². The third kappa shape index (κ3) is 2.13. The van der Waals surface area contributed by atoms with E-state index in [1.807, 2.05) is 0 Å². The van der Waals surface area contributed by atoms with E-state index in [0.29, 0.717) is 0 Å². The molecular formula is C15H23N3. The normalized spacial score (nSPS) is 19.2. The monoisotopic (exact) mass is 245 g/mol. The lowest BCUT2D eigenvalue weighted by atomic mass is 10.1. The molecule has 18 heavy (non-hydrogen) atoms. The van der Waals surface area contributed by atoms with Gasteiger partial charge in [-0.1, -0.05) is 19.1 Å². The summed E-state index contributed by atoms with van der Waals surface area (Å²) in [6.45, 7) is 7.98. The van der Waals surface area contributed by atoms with E-state index in [0.717, 1.165) is 32.2 Å². The second-order valence-corrected chi connectivity index (χ2v) is 5.51. The maximum absolute atomic E-state index is 3.36. The number of nitrogens with zero attached hydrogens (tertiary/aromatic N) is 2. The fourth-order valence-electron chi connectivity index (χ4n) is 2.98. The topological polar surface area (TPSA) is 18.5 Å². The van der Waals surface area contributed by atoms with Crippen molar-refractivity contribution in [3.8, 4) is 0 Å². The van der Waals surface area contributed by atoms with Crippen LogP contribution in [0.1, 0.15) is 18.1 Å². The fourth-order valence-corrected chi connectivity index (χ4v) is 2.98. The summed E-state index contributed by atoms with van der Waals surface area (Å²) in [5, 5.41) is 3.36. The van der Waals surface area contributed by atoms with Crippen molar-refractivity contribution in [1.29, 1.82) is 0 Å². The van der Waals surface area contributed by atoms with Crippen LogP contribution in [0.4, 0.5) is 5.69 Å². The molecule has 3 nitrogen and oxygen atoms in total. The highest BCUT2D eigenvalue weighted by atomic mass is 15.2. The molecule has 0 bridgehead atoms. The van der Waals surface area contributed by atoms with Gasteiger partial charge in [-0.15, -0.1) is 0 Å². The van der Waals surface area contributed by atoms with Gasteiger partial charge in [0.2, 0.25) is 0 Å². The van der Waals surface area contributed by atoms with Crippen LogP contribution in [0.5, 0.6) is 0 Å². The van der Waals surface area contributed by atoms with E-state index < -0.39 is 0 Å². The maximum atomic E-state index is 3.36. The summed E-state index contributed by atoms with van der Waals surface area (Å²) in [5.41, 5.74) is 4.42. The molecule has 3 heteroatoms. The first kappa shape index (κ1) is 12.0. The Morgan fingerprint density at radius 3 is 2.89 bits per heavy atom. The van der Waals surface area contributed by atoms with Gasteiger partial charge in [0.1, 0.15) is 0 Å². The van der Waals surface area contributed by atoms with E-state index in [2.05, 4.69) is 47.3 Å². The second-order valence-electron chi connectivity index (χ2n) is 5.51. The van der Waals surface area contributed by atoms with Crippen molar-refractivity contribution < 1.29 is 0 Å². The molecule has 1 saturated heterocycles. The molecular weight excluding hydrogens is 222 g/mol. The lowest BCUT2D eigenvalue weighted by Gasteiger charge is -2.37. The number of benzene rings is 1. The van der Waals surface area contributed by atoms with Crippen LogP contribution in [0.3, 0.4) is 0 Å². The van der Waals surface area contributed by atoms with Gasteiger partial charge in [-0.05, 0) is 30.2 Å². The average Bonchev–Trinajstić information content (AvgIpc) is 2.67. The summed E-state index contributed by atoms with van der Waals surface area (Å²) in [4.78, 5) is 4.93. The van der Waals surface area contributed by atoms with Crippen LogP contribution in [-0.2, 0) is 13.0 Å². The van der Waals surface area contributed by atoms with E-state index >= 15 is 0 Å². The number of rotatable bonds is 4. The number of hydrogen-bond donors (Lipinski definition) is 1. The highest BCUT2D eigenvalue weighted by Crippen LogP contribution is 2.28. The Hall–Kier alpha value is -1.06. The Kier molecular flexibility index (Phi) is 3.27. The molecule has 0 spiro atoms. The van der Waals surface area contributed by atoms with Gasteiger partial charge in [0.05, 0.1) is 0 Å². The second kappa shape index (κ2) is 4.90. The summed E-state index contributed by atoms with van der Waals surface area (Å²) >= 11 is 0. The first-order chi connectivity index (χ1) is 8.78. The summed E-state index contributed by atoms with van der Waals surface area (Å²) in [6, 6.07) is 7.75. The van der Waals surface area contributed by atoms with Crippen molar-refractivity contribution in [3.05, 3.63) is 29.3 Å². The SMILES string of the molecule is CCN(Cc1ccc2c(c1)CCN2C)C1CNC1. The summed E-state index contributed by atoms with van der Waals surface area (Å²) < 4.78 is 0. The quantitative estimate of drug-likeness (QED) is 0.866. The van der Waals surface area contributed by atoms with Crippen molar-refractivity contribution >= 4 is 5.69 Å². The predicted octanol–water partition coefficient (Wildman–Crippen LogP) is 1.47. The van der Waals surface area contributed by atoms with Gasteiger partial charge in [-0.2, -0.15) is 0 Å². The molecule has 1 aromatic rings. The third-order valence-electron chi connectivity index (χ3n) is 4.34. The third-order valence-corrected chi connectivity index (χ3v) is 4.34. The highest BCUT2D eigenvalue weighted by Gasteiger charge is 2.23. The molecule has 1 fully saturated rings. The first-order valence-corrected chi connectivity index (χ1v) is 7.05. The molecule has 0 unspecified atom stereocenters. The van der Waals surface area contributed by atoms with E-state index in [1.165, 1.54) is 29.8 Å². The Bertz CT molecular complexity index is 426. The smallest absolute Gasteiger partial charge is 0.0397 e. The molecule has 0 saturated carbocycles. The van der Waals surface area contributed by atoms with Crippen LogP contribution < -0.4 is 10.2 Å². The van der Waals surface area contributed by atoms with E-state index in [-0.39, 0.29) is 0 Å². The van der Waals surface area contributed by atoms with E-state index in [9.17, 15) is 0 Å². The Morgan fingerprint density at radius 1 is 1.39 bits per heavy atom. The van der Waals surface area contributed by atoms with Crippen LogP contribution in [0, 0.1) is 0 Å². The number of fused-ring (bicyclic) bond motifs is 1. The summed E-state index contributed by atoms with van der Waals surface area (Å²) in [6.07, 6.45) is 1.21. The predicted molar refractivity (Wildman–Crippen MR) is 76.2 cm³/mol. The van der Waals surface area contributed by atoms with Gasteiger partial charge < -0.3 is 10.2 Å². The average molecular weight is 245 g/mol. The van der Waals surface area contributed by atoms with Gasteiger partial charge in [0.15, 0.2) is 0 Å². The Labute approximate surface area is 110 Å². The summed E-state index contributed by atoms with van der Waals surface area (Å²) in [7, 11) is 2.18. The number of hydrogen-bond acceptors (Lipinski definition) is 3. The lowest BCUT2D eigenvalue weighted by Crippen LogP contribution is -2.56. The van der Waals surface area contributed by atoms with Gasteiger partial charge in [-0.25, -0.2) is 0 Å². The molecule has 0 aliphatic carbocycles. The minimum Gasteiger partial charge on any atom is -0.374 e. The van der Waals surface area contributed by atoms with E-state index in [1.54, 1.807) is 0 Å². The van der Waals surface area contributed by atoms with Crippen LogP contribution in [0.25, 0.3) is 0 Å². The fraction of sp³-hybridized carbons (Fsp3) is 0.600. The molecule has 0 atom stereocenters. The molecule has 2 aliphatic rings. The molecule has 0 radical (unpaired) electrons. The maximum Gasteiger partial charge on any atom is 0.0397 e. The number of nitrogens with one attached hydrogen (secondary N) is 1. The zero-order valence-corrected chi connectivity index (χ0v) is 11.4. The van der Waals surface area contributed by atoms with Crippen molar-refractivity contribution in [3.63, 3.8) is 0 Å². The lowest BCUT2D eigenvalue weighted by molar-refractivity contribution is 0.145. The van der Waals surface area contributed by atoms with Gasteiger partial charge in [0.25, 0.3) is 0 Å². The molecule has 3 rings (SSSR count). The molecule has 2 aliphatic heterocycles. The Balaban J connectivity index is 1.72. The highest BCUT2D eigenvalue weighted by molar-refractivity contribution is 5.58. The van der Waals surface area contributed by atoms with Crippen molar-refractivity contribution in [2.75, 3.05) is 38.1 Å². The van der Waals surface area contributed by atoms with Crippen LogP contribution in [0.2, 0.25) is 0 Å². The molecule has 0 amide bonds. The van der Waals surface area contributed by atoms with Crippen LogP contribution >= 0.6 is 0 Å². The van der Waals surface area contributed by atoms with Gasteiger partial charge in [0, 0.05) is 45.0 Å². The largest absolute Gasteiger partial charge is 0.374 e. The number of anilines is 1. The van der Waals surface area contributed by atoms with E-state index in [4.69, 9.17) is 0 Å². The zero-order chi connectivity index (χ0) is 12.5. The van der Waals surface area contributed by atoms with Gasteiger partial charge in [-0.3, -0.25) is 4.90 Å². The number of likely N-dealkylation sites (N-methyl/N-ethyl adjacent to an activating group) is 2. The minimum atomic E-state index is 0.742. The van der Waals surface area contributed by atoms with Crippen molar-refractivity contribution in [1.82, 2.24) is 10.2 Å². The molecule has 2 heterocycles. The van der Waals surface area contributed by atoms with Crippen LogP contribution in [-0.4, -0.2) is 44.2 Å². The standard InChI is InChI=1S/C15H23N3/c1-3-18(14-9-16-10-14)11-12-4-5-15-13(8-12)6-7-17(15)2/h4-5,8,14,16H,3,6-7,9-11H2,1-2H3. The minimum absolute atomic E-state index is 0.742.